The van der Waals surface area contributed by atoms with Gasteiger partial charge in [-0.05, 0) is 29.3 Å². The Morgan fingerprint density at radius 1 is 0.829 bits per heavy atom. The Hall–Kier alpha value is -3.64. The van der Waals surface area contributed by atoms with Crippen LogP contribution < -0.4 is 4.90 Å². The topological polar surface area (TPSA) is 53.1 Å². The van der Waals surface area contributed by atoms with E-state index in [1.807, 2.05) is 82.6 Å². The fourth-order valence-electron chi connectivity index (χ4n) is 5.89. The molecule has 35 heavy (non-hydrogen) atoms. The third-order valence-corrected chi connectivity index (χ3v) is 7.58. The maximum absolute atomic E-state index is 14.3. The number of piperazine rings is 1. The number of carbonyl (C=O) groups is 2. The van der Waals surface area contributed by atoms with Gasteiger partial charge in [0.1, 0.15) is 5.92 Å². The minimum atomic E-state index is -1.01. The molecule has 0 N–H and O–H groups in total. The second kappa shape index (κ2) is 8.86. The van der Waals surface area contributed by atoms with Crippen LogP contribution in [0.15, 0.2) is 84.9 Å². The van der Waals surface area contributed by atoms with Crippen molar-refractivity contribution in [1.82, 2.24) is 9.80 Å². The van der Waals surface area contributed by atoms with Crippen molar-refractivity contribution in [2.75, 3.05) is 44.2 Å². The van der Waals surface area contributed by atoms with Crippen LogP contribution in [0.25, 0.3) is 0 Å². The molecule has 2 atom stereocenters. The SMILES string of the molecule is O=C([C@@H]1c2ccccc2C(=O)N2CCO[C@]12Cc1ccccc1)N1CCN(c2ccccc2)CC1. The van der Waals surface area contributed by atoms with Gasteiger partial charge in [0.05, 0.1) is 6.61 Å². The molecular weight excluding hydrogens is 438 g/mol. The molecule has 3 heterocycles. The number of fused-ring (bicyclic) bond motifs is 2. The lowest BCUT2D eigenvalue weighted by Gasteiger charge is -2.48. The zero-order valence-corrected chi connectivity index (χ0v) is 19.7. The van der Waals surface area contributed by atoms with Gasteiger partial charge < -0.3 is 19.4 Å². The Balaban J connectivity index is 1.35. The van der Waals surface area contributed by atoms with Crippen LogP contribution in [0, 0.1) is 0 Å². The third-order valence-electron chi connectivity index (χ3n) is 7.58. The fourth-order valence-corrected chi connectivity index (χ4v) is 5.89. The molecule has 0 aliphatic carbocycles. The Morgan fingerprint density at radius 2 is 1.49 bits per heavy atom. The molecule has 3 aliphatic rings. The van der Waals surface area contributed by atoms with Gasteiger partial charge in [-0.25, -0.2) is 0 Å². The van der Waals surface area contributed by atoms with Crippen LogP contribution >= 0.6 is 0 Å². The van der Waals surface area contributed by atoms with E-state index in [4.69, 9.17) is 4.74 Å². The number of ether oxygens (including phenoxy) is 1. The van der Waals surface area contributed by atoms with E-state index in [1.54, 1.807) is 0 Å². The monoisotopic (exact) mass is 467 g/mol. The summed E-state index contributed by atoms with van der Waals surface area (Å²) in [7, 11) is 0. The van der Waals surface area contributed by atoms with Gasteiger partial charge in [0.15, 0.2) is 5.72 Å². The first-order chi connectivity index (χ1) is 17.2. The molecule has 2 saturated heterocycles. The van der Waals surface area contributed by atoms with Crippen LogP contribution in [0.3, 0.4) is 0 Å². The van der Waals surface area contributed by atoms with Gasteiger partial charge in [-0.2, -0.15) is 0 Å². The van der Waals surface area contributed by atoms with Crippen LogP contribution in [0.2, 0.25) is 0 Å². The van der Waals surface area contributed by atoms with Crippen molar-refractivity contribution in [3.05, 3.63) is 102 Å². The number of rotatable bonds is 4. The largest absolute Gasteiger partial charge is 0.368 e. The molecule has 0 aromatic heterocycles. The van der Waals surface area contributed by atoms with E-state index in [9.17, 15) is 9.59 Å². The Kier molecular flexibility index (Phi) is 5.53. The predicted molar refractivity (Wildman–Crippen MR) is 134 cm³/mol. The summed E-state index contributed by atoms with van der Waals surface area (Å²) in [4.78, 5) is 33.9. The first kappa shape index (κ1) is 21.9. The van der Waals surface area contributed by atoms with Crippen molar-refractivity contribution < 1.29 is 14.3 Å². The molecule has 6 nitrogen and oxygen atoms in total. The van der Waals surface area contributed by atoms with Crippen molar-refractivity contribution in [3.8, 4) is 0 Å². The average molecular weight is 468 g/mol. The maximum Gasteiger partial charge on any atom is 0.256 e. The molecule has 3 aromatic rings. The number of nitrogens with zero attached hydrogens (tertiary/aromatic N) is 3. The lowest BCUT2D eigenvalue weighted by Crippen LogP contribution is -2.62. The van der Waals surface area contributed by atoms with Crippen LogP contribution in [0.4, 0.5) is 5.69 Å². The highest BCUT2D eigenvalue weighted by molar-refractivity contribution is 6.02. The molecule has 2 fully saturated rings. The summed E-state index contributed by atoms with van der Waals surface area (Å²) >= 11 is 0. The number of hydrogen-bond donors (Lipinski definition) is 0. The first-order valence-electron chi connectivity index (χ1n) is 12.3. The van der Waals surface area contributed by atoms with Gasteiger partial charge in [0.2, 0.25) is 5.91 Å². The van der Waals surface area contributed by atoms with Crippen LogP contribution in [-0.2, 0) is 16.0 Å². The van der Waals surface area contributed by atoms with Crippen molar-refractivity contribution in [1.29, 1.82) is 0 Å². The van der Waals surface area contributed by atoms with Crippen LogP contribution in [0.5, 0.6) is 0 Å². The molecule has 2 amide bonds. The summed E-state index contributed by atoms with van der Waals surface area (Å²) in [6, 6.07) is 27.9. The lowest BCUT2D eigenvalue weighted by molar-refractivity contribution is -0.150. The van der Waals surface area contributed by atoms with Crippen molar-refractivity contribution >= 4 is 17.5 Å². The first-order valence-corrected chi connectivity index (χ1v) is 12.3. The van der Waals surface area contributed by atoms with Crippen LogP contribution in [0.1, 0.15) is 27.4 Å². The highest BCUT2D eigenvalue weighted by Gasteiger charge is 2.59. The highest BCUT2D eigenvalue weighted by Crippen LogP contribution is 2.47. The number of benzene rings is 3. The van der Waals surface area contributed by atoms with E-state index >= 15 is 0 Å². The normalized spacial score (nSPS) is 23.7. The van der Waals surface area contributed by atoms with Gasteiger partial charge in [-0.1, -0.05) is 66.7 Å². The van der Waals surface area contributed by atoms with E-state index < -0.39 is 11.6 Å². The van der Waals surface area contributed by atoms with Gasteiger partial charge in [0, 0.05) is 50.4 Å². The molecule has 178 valence electrons. The molecule has 0 unspecified atom stereocenters. The minimum Gasteiger partial charge on any atom is -0.368 e. The van der Waals surface area contributed by atoms with Crippen molar-refractivity contribution in [2.24, 2.45) is 0 Å². The molecule has 3 aliphatic heterocycles. The van der Waals surface area contributed by atoms with Crippen LogP contribution in [-0.4, -0.2) is 66.7 Å². The number of anilines is 1. The number of carbonyl (C=O) groups excluding carboxylic acids is 2. The predicted octanol–water partition coefficient (Wildman–Crippen LogP) is 3.54. The minimum absolute atomic E-state index is 0.0421. The Bertz CT molecular complexity index is 1220. The standard InChI is InChI=1S/C29H29N3O3/c33-27-25-14-8-7-13-24(25)26(29(32(27)19-20-35-29)21-22-9-3-1-4-10-22)28(34)31-17-15-30(16-18-31)23-11-5-2-6-12-23/h1-14,26H,15-21H2/t26-,29+/m0/s1. The van der Waals surface area contributed by atoms with Gasteiger partial charge >= 0.3 is 0 Å². The van der Waals surface area contributed by atoms with Gasteiger partial charge in [-0.15, -0.1) is 0 Å². The molecule has 0 bridgehead atoms. The summed E-state index contributed by atoms with van der Waals surface area (Å²) in [5.41, 5.74) is 2.61. The maximum atomic E-state index is 14.3. The molecule has 0 radical (unpaired) electrons. The van der Waals surface area contributed by atoms with Crippen molar-refractivity contribution in [3.63, 3.8) is 0 Å². The summed E-state index contributed by atoms with van der Waals surface area (Å²) in [5, 5.41) is 0. The Morgan fingerprint density at radius 3 is 2.23 bits per heavy atom. The van der Waals surface area contributed by atoms with E-state index in [0.29, 0.717) is 38.2 Å². The third kappa shape index (κ3) is 3.69. The summed E-state index contributed by atoms with van der Waals surface area (Å²) in [5.74, 6) is -0.574. The fraction of sp³-hybridized carbons (Fsp3) is 0.310. The smallest absolute Gasteiger partial charge is 0.256 e. The summed E-state index contributed by atoms with van der Waals surface area (Å²) < 4.78 is 6.44. The lowest BCUT2D eigenvalue weighted by atomic mass is 9.76. The zero-order chi connectivity index (χ0) is 23.8. The molecule has 0 saturated carbocycles. The highest BCUT2D eigenvalue weighted by atomic mass is 16.5. The molecule has 6 heteroatoms. The average Bonchev–Trinajstić information content (AvgIpc) is 3.34. The van der Waals surface area contributed by atoms with Gasteiger partial charge in [-0.3, -0.25) is 9.59 Å². The van der Waals surface area contributed by atoms with E-state index in [1.165, 1.54) is 5.69 Å². The zero-order valence-electron chi connectivity index (χ0n) is 19.7. The molecule has 6 rings (SSSR count). The molecule has 0 spiro atoms. The summed E-state index contributed by atoms with van der Waals surface area (Å²) in [6.07, 6.45) is 0.480. The molecular formula is C29H29N3O3. The van der Waals surface area contributed by atoms with Crippen molar-refractivity contribution in [2.45, 2.75) is 18.1 Å². The number of amides is 2. The van der Waals surface area contributed by atoms with E-state index in [2.05, 4.69) is 17.0 Å². The second-order valence-electron chi connectivity index (χ2n) is 9.48. The second-order valence-corrected chi connectivity index (χ2v) is 9.48. The number of para-hydroxylation sites is 1. The van der Waals surface area contributed by atoms with E-state index in [0.717, 1.165) is 24.2 Å². The van der Waals surface area contributed by atoms with E-state index in [-0.39, 0.29) is 11.8 Å². The number of hydrogen-bond acceptors (Lipinski definition) is 4. The summed E-state index contributed by atoms with van der Waals surface area (Å²) in [6.45, 7) is 3.76. The molecule has 3 aromatic carbocycles. The van der Waals surface area contributed by atoms with Gasteiger partial charge in [0.25, 0.3) is 5.91 Å². The Labute approximate surface area is 205 Å². The quantitative estimate of drug-likeness (QED) is 0.589.